The molecule has 1 atom stereocenters. The van der Waals surface area contributed by atoms with E-state index in [9.17, 15) is 18.0 Å². The lowest BCUT2D eigenvalue weighted by Crippen LogP contribution is -2.57. The molecule has 1 saturated heterocycles. The summed E-state index contributed by atoms with van der Waals surface area (Å²) < 4.78 is 41.8. The Balaban J connectivity index is 1.80. The number of aromatic nitrogens is 1. The predicted octanol–water partition coefficient (Wildman–Crippen LogP) is 1.45. The Hall–Kier alpha value is -1.77. The number of amides is 2. The van der Waals surface area contributed by atoms with Crippen molar-refractivity contribution >= 4 is 6.03 Å². The molecule has 0 aliphatic carbocycles. The normalized spacial score (nSPS) is 20.6. The first-order valence-electron chi connectivity index (χ1n) is 6.58. The quantitative estimate of drug-likeness (QED) is 0.918. The number of hydrogen-bond donors (Lipinski definition) is 1. The lowest BCUT2D eigenvalue weighted by atomic mass is 10.2. The molecule has 1 aromatic heterocycles. The molecule has 1 N–H and O–H groups in total. The zero-order valence-electron chi connectivity index (χ0n) is 11.6. The van der Waals surface area contributed by atoms with E-state index in [2.05, 4.69) is 15.0 Å². The highest BCUT2D eigenvalue weighted by atomic mass is 19.4. The van der Waals surface area contributed by atoms with Gasteiger partial charge in [-0.05, 0) is 6.92 Å². The van der Waals surface area contributed by atoms with E-state index in [4.69, 9.17) is 0 Å². The standard InChI is InChI=1S/C12H17F3N4O2/c1-9-7-18(3-4-19(9)8-12(13,14)15)11(20)16-6-10-2-5-21-17-10/h2,5,9H,3-4,6-8H2,1H3,(H,16,20)/t9-/m0/s1. The molecule has 2 heterocycles. The van der Waals surface area contributed by atoms with Gasteiger partial charge in [-0.3, -0.25) is 4.90 Å². The summed E-state index contributed by atoms with van der Waals surface area (Å²) in [4.78, 5) is 14.8. The van der Waals surface area contributed by atoms with Crippen molar-refractivity contribution in [2.75, 3.05) is 26.2 Å². The number of nitrogens with one attached hydrogen (secondary N) is 1. The maximum atomic E-state index is 12.4. The van der Waals surface area contributed by atoms with Crippen LogP contribution in [0, 0.1) is 0 Å². The average Bonchev–Trinajstić information content (AvgIpc) is 2.90. The van der Waals surface area contributed by atoms with Crippen molar-refractivity contribution in [3.63, 3.8) is 0 Å². The molecular weight excluding hydrogens is 289 g/mol. The molecule has 0 radical (unpaired) electrons. The minimum Gasteiger partial charge on any atom is -0.364 e. The van der Waals surface area contributed by atoms with E-state index < -0.39 is 12.7 Å². The van der Waals surface area contributed by atoms with Gasteiger partial charge < -0.3 is 14.7 Å². The zero-order valence-corrected chi connectivity index (χ0v) is 11.6. The van der Waals surface area contributed by atoms with Crippen molar-refractivity contribution in [2.45, 2.75) is 25.7 Å². The maximum absolute atomic E-state index is 12.4. The summed E-state index contributed by atoms with van der Waals surface area (Å²) in [5.74, 6) is 0. The van der Waals surface area contributed by atoms with Gasteiger partial charge in [0.25, 0.3) is 0 Å². The smallest absolute Gasteiger partial charge is 0.364 e. The second kappa shape index (κ2) is 6.33. The zero-order chi connectivity index (χ0) is 15.5. The highest BCUT2D eigenvalue weighted by Crippen LogP contribution is 2.20. The first-order valence-corrected chi connectivity index (χ1v) is 6.58. The fourth-order valence-electron chi connectivity index (χ4n) is 2.25. The van der Waals surface area contributed by atoms with Crippen LogP contribution < -0.4 is 5.32 Å². The number of alkyl halides is 3. The molecule has 2 rings (SSSR count). The Labute approximate surface area is 119 Å². The second-order valence-corrected chi connectivity index (χ2v) is 5.03. The van der Waals surface area contributed by atoms with Gasteiger partial charge in [0, 0.05) is 31.7 Å². The van der Waals surface area contributed by atoms with E-state index >= 15 is 0 Å². The third-order valence-electron chi connectivity index (χ3n) is 3.35. The lowest BCUT2D eigenvalue weighted by Gasteiger charge is -2.39. The minimum atomic E-state index is -4.22. The van der Waals surface area contributed by atoms with Crippen LogP contribution in [0.1, 0.15) is 12.6 Å². The lowest BCUT2D eigenvalue weighted by molar-refractivity contribution is -0.153. The number of carbonyl (C=O) groups is 1. The van der Waals surface area contributed by atoms with Crippen molar-refractivity contribution < 1.29 is 22.5 Å². The summed E-state index contributed by atoms with van der Waals surface area (Å²) in [6.07, 6.45) is -2.81. The monoisotopic (exact) mass is 306 g/mol. The van der Waals surface area contributed by atoms with Gasteiger partial charge in [0.15, 0.2) is 0 Å². The molecule has 1 aliphatic rings. The van der Waals surface area contributed by atoms with Gasteiger partial charge in [0.05, 0.1) is 13.1 Å². The molecule has 9 heteroatoms. The van der Waals surface area contributed by atoms with Gasteiger partial charge in [-0.2, -0.15) is 13.2 Å². The molecule has 21 heavy (non-hydrogen) atoms. The molecule has 1 aliphatic heterocycles. The maximum Gasteiger partial charge on any atom is 0.401 e. The van der Waals surface area contributed by atoms with Crippen LogP contribution >= 0.6 is 0 Å². The Morgan fingerprint density at radius 3 is 2.86 bits per heavy atom. The van der Waals surface area contributed by atoms with Crippen molar-refractivity contribution in [1.82, 2.24) is 20.3 Å². The van der Waals surface area contributed by atoms with E-state index in [1.807, 2.05) is 0 Å². The molecule has 118 valence electrons. The van der Waals surface area contributed by atoms with Crippen LogP contribution in [-0.2, 0) is 6.54 Å². The van der Waals surface area contributed by atoms with Crippen LogP contribution in [0.15, 0.2) is 16.9 Å². The summed E-state index contributed by atoms with van der Waals surface area (Å²) >= 11 is 0. The van der Waals surface area contributed by atoms with Gasteiger partial charge in [-0.25, -0.2) is 4.79 Å². The third kappa shape index (κ3) is 4.62. The summed E-state index contributed by atoms with van der Waals surface area (Å²) in [6.45, 7) is 1.71. The summed E-state index contributed by atoms with van der Waals surface area (Å²) in [7, 11) is 0. The van der Waals surface area contributed by atoms with Crippen LogP contribution in [0.25, 0.3) is 0 Å². The van der Waals surface area contributed by atoms with Crippen LogP contribution in [0.2, 0.25) is 0 Å². The number of nitrogens with zero attached hydrogens (tertiary/aromatic N) is 3. The first-order chi connectivity index (χ1) is 9.85. The van der Waals surface area contributed by atoms with Gasteiger partial charge in [-0.1, -0.05) is 5.16 Å². The summed E-state index contributed by atoms with van der Waals surface area (Å²) in [5, 5.41) is 6.32. The third-order valence-corrected chi connectivity index (χ3v) is 3.35. The van der Waals surface area contributed by atoms with Crippen LogP contribution in [-0.4, -0.2) is 59.4 Å². The molecule has 0 bridgehead atoms. The van der Waals surface area contributed by atoms with Crippen LogP contribution in [0.3, 0.4) is 0 Å². The molecule has 0 unspecified atom stereocenters. The van der Waals surface area contributed by atoms with Crippen molar-refractivity contribution in [1.29, 1.82) is 0 Å². The molecule has 6 nitrogen and oxygen atoms in total. The van der Waals surface area contributed by atoms with Crippen molar-refractivity contribution in [3.05, 3.63) is 18.0 Å². The largest absolute Gasteiger partial charge is 0.401 e. The highest BCUT2D eigenvalue weighted by molar-refractivity contribution is 5.74. The minimum absolute atomic E-state index is 0.206. The first kappa shape index (κ1) is 15.6. The van der Waals surface area contributed by atoms with Crippen molar-refractivity contribution in [3.8, 4) is 0 Å². The number of hydrogen-bond acceptors (Lipinski definition) is 4. The predicted molar refractivity (Wildman–Crippen MR) is 67.4 cm³/mol. The number of halogens is 3. The van der Waals surface area contributed by atoms with E-state index in [1.54, 1.807) is 13.0 Å². The number of piperazine rings is 1. The molecule has 1 fully saturated rings. The average molecular weight is 306 g/mol. The van der Waals surface area contributed by atoms with E-state index in [1.165, 1.54) is 16.1 Å². The molecule has 2 amide bonds. The number of carbonyl (C=O) groups excluding carboxylic acids is 1. The topological polar surface area (TPSA) is 61.6 Å². The van der Waals surface area contributed by atoms with E-state index in [0.29, 0.717) is 5.69 Å². The van der Waals surface area contributed by atoms with Crippen molar-refractivity contribution in [2.24, 2.45) is 0 Å². The van der Waals surface area contributed by atoms with Gasteiger partial charge >= 0.3 is 12.2 Å². The molecule has 1 aromatic rings. The molecular formula is C12H17F3N4O2. The van der Waals surface area contributed by atoms with Gasteiger partial charge in [0.1, 0.15) is 12.0 Å². The fraction of sp³-hybridized carbons (Fsp3) is 0.667. The van der Waals surface area contributed by atoms with E-state index in [0.717, 1.165) is 0 Å². The fourth-order valence-corrected chi connectivity index (χ4v) is 2.25. The molecule has 0 aromatic carbocycles. The highest BCUT2D eigenvalue weighted by Gasteiger charge is 2.35. The van der Waals surface area contributed by atoms with Crippen LogP contribution in [0.4, 0.5) is 18.0 Å². The Morgan fingerprint density at radius 2 is 2.29 bits per heavy atom. The number of urea groups is 1. The van der Waals surface area contributed by atoms with Crippen LogP contribution in [0.5, 0.6) is 0 Å². The van der Waals surface area contributed by atoms with E-state index in [-0.39, 0.29) is 38.3 Å². The molecule has 0 spiro atoms. The summed E-state index contributed by atoms with van der Waals surface area (Å²) in [6, 6.07) is 0.985. The number of rotatable bonds is 3. The molecule has 0 saturated carbocycles. The second-order valence-electron chi connectivity index (χ2n) is 5.03. The SMILES string of the molecule is C[C@H]1CN(C(=O)NCc2ccon2)CCN1CC(F)(F)F. The summed E-state index contributed by atoms with van der Waals surface area (Å²) in [5.41, 5.74) is 0.590. The Bertz CT molecular complexity index is 464. The van der Waals surface area contributed by atoms with Gasteiger partial charge in [0.2, 0.25) is 0 Å². The Morgan fingerprint density at radius 1 is 1.52 bits per heavy atom. The van der Waals surface area contributed by atoms with Gasteiger partial charge in [-0.15, -0.1) is 0 Å². The Kier molecular flexibility index (Phi) is 4.71.